The van der Waals surface area contributed by atoms with Gasteiger partial charge >= 0.3 is 0 Å². The summed E-state index contributed by atoms with van der Waals surface area (Å²) in [5.74, 6) is -0.146. The average Bonchev–Trinajstić information content (AvgIpc) is 3.15. The standard InChI is InChI=1S/C27H25N7O/c1-33(2)20-14-12-19(13-15-20)17-30-34-25(28)23(27(35)29-16-18-8-4-3-5-9-18)24-26(34)32-22-11-7-6-10-21(22)31-24/h3-15,17H,16,28H2,1-2H3,(H,29,35). The van der Waals surface area contributed by atoms with Gasteiger partial charge < -0.3 is 16.0 Å². The third-order valence-electron chi connectivity index (χ3n) is 5.73. The van der Waals surface area contributed by atoms with Crippen LogP contribution >= 0.6 is 0 Å². The van der Waals surface area contributed by atoms with E-state index in [1.54, 1.807) is 6.21 Å². The van der Waals surface area contributed by atoms with Crippen LogP contribution in [0.2, 0.25) is 0 Å². The first kappa shape index (κ1) is 22.1. The highest BCUT2D eigenvalue weighted by atomic mass is 16.1. The normalized spacial score (nSPS) is 11.4. The molecule has 0 saturated carbocycles. The Hall–Kier alpha value is -4.72. The number of anilines is 2. The number of benzene rings is 3. The lowest BCUT2D eigenvalue weighted by atomic mass is 10.2. The van der Waals surface area contributed by atoms with Gasteiger partial charge in [-0.25, -0.2) is 9.97 Å². The third-order valence-corrected chi connectivity index (χ3v) is 5.73. The van der Waals surface area contributed by atoms with Gasteiger partial charge in [-0.15, -0.1) is 0 Å². The van der Waals surface area contributed by atoms with Gasteiger partial charge in [0.2, 0.25) is 0 Å². The molecule has 0 aliphatic carbocycles. The Bertz CT molecular complexity index is 1540. The van der Waals surface area contributed by atoms with Gasteiger partial charge in [-0.3, -0.25) is 4.79 Å². The second-order valence-electron chi connectivity index (χ2n) is 8.36. The van der Waals surface area contributed by atoms with E-state index in [2.05, 4.69) is 10.4 Å². The monoisotopic (exact) mass is 463 g/mol. The number of nitrogens with two attached hydrogens (primary N) is 1. The Labute approximate surface area is 202 Å². The molecule has 5 aromatic rings. The number of hydrogen-bond donors (Lipinski definition) is 2. The molecule has 0 fully saturated rings. The highest BCUT2D eigenvalue weighted by Gasteiger charge is 2.24. The number of hydrogen-bond acceptors (Lipinski definition) is 6. The molecule has 8 nitrogen and oxygen atoms in total. The van der Waals surface area contributed by atoms with Crippen LogP contribution in [0.25, 0.3) is 22.2 Å². The van der Waals surface area contributed by atoms with Crippen molar-refractivity contribution in [2.24, 2.45) is 5.10 Å². The number of nitrogens with one attached hydrogen (secondary N) is 1. The molecule has 2 aromatic heterocycles. The molecule has 0 radical (unpaired) electrons. The quantitative estimate of drug-likeness (QED) is 0.370. The van der Waals surface area contributed by atoms with Crippen LogP contribution in [0.5, 0.6) is 0 Å². The lowest BCUT2D eigenvalue weighted by molar-refractivity contribution is 0.0953. The molecular weight excluding hydrogens is 438 g/mol. The molecule has 0 atom stereocenters. The summed E-state index contributed by atoms with van der Waals surface area (Å²) in [6, 6.07) is 25.1. The summed E-state index contributed by atoms with van der Waals surface area (Å²) in [5.41, 5.74) is 11.9. The summed E-state index contributed by atoms with van der Waals surface area (Å²) < 4.78 is 1.48. The summed E-state index contributed by atoms with van der Waals surface area (Å²) in [4.78, 5) is 24.7. The number of para-hydroxylation sites is 2. The number of rotatable bonds is 6. The van der Waals surface area contributed by atoms with E-state index < -0.39 is 0 Å². The Kier molecular flexibility index (Phi) is 5.85. The van der Waals surface area contributed by atoms with Crippen LogP contribution in [0.1, 0.15) is 21.5 Å². The van der Waals surface area contributed by atoms with Gasteiger partial charge in [0.05, 0.1) is 17.2 Å². The molecule has 3 aromatic carbocycles. The van der Waals surface area contributed by atoms with Gasteiger partial charge in [0.25, 0.3) is 5.91 Å². The van der Waals surface area contributed by atoms with Crippen molar-refractivity contribution >= 4 is 45.8 Å². The molecule has 3 N–H and O–H groups in total. The zero-order chi connectivity index (χ0) is 24.4. The fourth-order valence-electron chi connectivity index (χ4n) is 3.84. The van der Waals surface area contributed by atoms with Crippen molar-refractivity contribution in [3.8, 4) is 0 Å². The van der Waals surface area contributed by atoms with E-state index in [1.807, 2.05) is 97.9 Å². The van der Waals surface area contributed by atoms with E-state index in [1.165, 1.54) is 4.68 Å². The molecule has 2 heterocycles. The molecule has 174 valence electrons. The molecule has 0 aliphatic heterocycles. The third kappa shape index (κ3) is 4.41. The van der Waals surface area contributed by atoms with E-state index in [-0.39, 0.29) is 17.3 Å². The molecular formula is C27H25N7O. The minimum absolute atomic E-state index is 0.182. The van der Waals surface area contributed by atoms with Gasteiger partial charge in [0.15, 0.2) is 5.65 Å². The van der Waals surface area contributed by atoms with Crippen molar-refractivity contribution in [3.05, 3.63) is 95.6 Å². The number of amides is 1. The second-order valence-corrected chi connectivity index (χ2v) is 8.36. The molecule has 0 saturated heterocycles. The van der Waals surface area contributed by atoms with Crippen molar-refractivity contribution in [1.29, 1.82) is 0 Å². The van der Waals surface area contributed by atoms with Crippen LogP contribution < -0.4 is 16.0 Å². The topological polar surface area (TPSA) is 101 Å². The first-order valence-corrected chi connectivity index (χ1v) is 11.2. The summed E-state index contributed by atoms with van der Waals surface area (Å²) in [6.07, 6.45) is 1.69. The Morgan fingerprint density at radius 2 is 1.63 bits per heavy atom. The van der Waals surface area contributed by atoms with Gasteiger partial charge in [0, 0.05) is 26.3 Å². The molecule has 5 rings (SSSR count). The van der Waals surface area contributed by atoms with Crippen molar-refractivity contribution in [2.75, 3.05) is 24.7 Å². The zero-order valence-electron chi connectivity index (χ0n) is 19.5. The SMILES string of the molecule is CN(C)c1ccc(C=Nn2c(N)c(C(=O)NCc3ccccc3)c3nc4ccccc4nc32)cc1. The smallest absolute Gasteiger partial charge is 0.257 e. The number of nitrogen functional groups attached to an aromatic ring is 1. The van der Waals surface area contributed by atoms with E-state index in [9.17, 15) is 4.79 Å². The van der Waals surface area contributed by atoms with Gasteiger partial charge in [-0.2, -0.15) is 9.78 Å². The molecule has 1 amide bonds. The maximum Gasteiger partial charge on any atom is 0.257 e. The number of aromatic nitrogens is 3. The van der Waals surface area contributed by atoms with E-state index in [4.69, 9.17) is 15.7 Å². The Balaban J connectivity index is 1.56. The van der Waals surface area contributed by atoms with E-state index in [0.29, 0.717) is 28.7 Å². The Morgan fingerprint density at radius 1 is 0.971 bits per heavy atom. The number of nitrogens with zero attached hydrogens (tertiary/aromatic N) is 5. The highest BCUT2D eigenvalue weighted by Crippen LogP contribution is 2.28. The van der Waals surface area contributed by atoms with Crippen LogP contribution in [-0.4, -0.2) is 40.9 Å². The average molecular weight is 464 g/mol. The first-order chi connectivity index (χ1) is 17.0. The molecule has 0 bridgehead atoms. The first-order valence-electron chi connectivity index (χ1n) is 11.2. The Morgan fingerprint density at radius 3 is 2.31 bits per heavy atom. The zero-order valence-corrected chi connectivity index (χ0v) is 19.5. The number of carbonyl (C=O) groups is 1. The fraction of sp³-hybridized carbons (Fsp3) is 0.111. The second kappa shape index (κ2) is 9.26. The van der Waals surface area contributed by atoms with Crippen LogP contribution in [-0.2, 0) is 6.54 Å². The maximum absolute atomic E-state index is 13.2. The molecule has 0 unspecified atom stereocenters. The minimum Gasteiger partial charge on any atom is -0.383 e. The van der Waals surface area contributed by atoms with Crippen LogP contribution in [0, 0.1) is 0 Å². The van der Waals surface area contributed by atoms with Gasteiger partial charge in [-0.05, 0) is 35.4 Å². The minimum atomic E-state index is -0.328. The summed E-state index contributed by atoms with van der Waals surface area (Å²) in [7, 11) is 3.98. The van der Waals surface area contributed by atoms with Crippen LogP contribution in [0.4, 0.5) is 11.5 Å². The molecule has 8 heteroatoms. The van der Waals surface area contributed by atoms with E-state index in [0.717, 1.165) is 16.8 Å². The lowest BCUT2D eigenvalue weighted by Crippen LogP contribution is -2.23. The molecule has 0 aliphatic rings. The number of fused-ring (bicyclic) bond motifs is 2. The van der Waals surface area contributed by atoms with Crippen LogP contribution in [0.3, 0.4) is 0 Å². The molecule has 0 spiro atoms. The van der Waals surface area contributed by atoms with Crippen LogP contribution in [0.15, 0.2) is 84.0 Å². The highest BCUT2D eigenvalue weighted by molar-refractivity contribution is 6.10. The predicted molar refractivity (Wildman–Crippen MR) is 141 cm³/mol. The predicted octanol–water partition coefficient (Wildman–Crippen LogP) is 4.04. The van der Waals surface area contributed by atoms with Gasteiger partial charge in [0.1, 0.15) is 16.9 Å². The van der Waals surface area contributed by atoms with Crippen molar-refractivity contribution in [2.45, 2.75) is 6.54 Å². The number of carbonyl (C=O) groups excluding carboxylic acids is 1. The van der Waals surface area contributed by atoms with Crippen molar-refractivity contribution < 1.29 is 4.79 Å². The van der Waals surface area contributed by atoms with Crippen molar-refractivity contribution in [1.82, 2.24) is 20.0 Å². The van der Waals surface area contributed by atoms with E-state index >= 15 is 0 Å². The maximum atomic E-state index is 13.2. The fourth-order valence-corrected chi connectivity index (χ4v) is 3.84. The molecule has 35 heavy (non-hydrogen) atoms. The van der Waals surface area contributed by atoms with Gasteiger partial charge in [-0.1, -0.05) is 54.6 Å². The largest absolute Gasteiger partial charge is 0.383 e. The summed E-state index contributed by atoms with van der Waals surface area (Å²) >= 11 is 0. The lowest BCUT2D eigenvalue weighted by Gasteiger charge is -2.11. The summed E-state index contributed by atoms with van der Waals surface area (Å²) in [5, 5.41) is 7.52. The van der Waals surface area contributed by atoms with Crippen molar-refractivity contribution in [3.63, 3.8) is 0 Å². The summed E-state index contributed by atoms with van der Waals surface area (Å²) in [6.45, 7) is 0.369.